The van der Waals surface area contributed by atoms with Gasteiger partial charge in [-0.25, -0.2) is 9.97 Å². The second-order valence-electron chi connectivity index (χ2n) is 9.59. The van der Waals surface area contributed by atoms with Crippen molar-refractivity contribution in [3.63, 3.8) is 0 Å². The van der Waals surface area contributed by atoms with Gasteiger partial charge < -0.3 is 30.2 Å². The van der Waals surface area contributed by atoms with Gasteiger partial charge in [-0.15, -0.1) is 0 Å². The summed E-state index contributed by atoms with van der Waals surface area (Å²) in [6, 6.07) is 18.0. The van der Waals surface area contributed by atoms with Crippen molar-refractivity contribution >= 4 is 34.2 Å². The van der Waals surface area contributed by atoms with Gasteiger partial charge in [0.15, 0.2) is 0 Å². The SMILES string of the molecule is Nc1nc(Nc2ccc(N3CCOCC3)nc2)nc2c(-c3ccc(OCCN4CCOCC4)cc3)cccc12. The number of benzene rings is 2. The molecule has 0 atom stereocenters. The molecule has 0 aliphatic carbocycles. The molecule has 4 heterocycles. The van der Waals surface area contributed by atoms with Gasteiger partial charge in [0.2, 0.25) is 5.95 Å². The van der Waals surface area contributed by atoms with Gasteiger partial charge in [-0.3, -0.25) is 4.90 Å². The van der Waals surface area contributed by atoms with Crippen molar-refractivity contribution in [2.75, 3.05) is 81.7 Å². The van der Waals surface area contributed by atoms with Crippen molar-refractivity contribution in [3.8, 4) is 16.9 Å². The van der Waals surface area contributed by atoms with Gasteiger partial charge in [0, 0.05) is 43.7 Å². The van der Waals surface area contributed by atoms with E-state index in [2.05, 4.69) is 37.2 Å². The predicted octanol–water partition coefficient (Wildman–Crippen LogP) is 3.57. The molecule has 39 heavy (non-hydrogen) atoms. The molecule has 4 aromatic rings. The summed E-state index contributed by atoms with van der Waals surface area (Å²) in [5, 5.41) is 4.08. The maximum Gasteiger partial charge on any atom is 0.229 e. The second kappa shape index (κ2) is 11.8. The van der Waals surface area contributed by atoms with Crippen LogP contribution in [0.4, 0.5) is 23.3 Å². The van der Waals surface area contributed by atoms with E-state index in [1.165, 1.54) is 0 Å². The molecule has 0 bridgehead atoms. The molecule has 2 aromatic carbocycles. The number of hydrogen-bond acceptors (Lipinski definition) is 10. The van der Waals surface area contributed by atoms with E-state index in [0.717, 1.165) is 98.4 Å². The Kier molecular flexibility index (Phi) is 7.66. The zero-order chi connectivity index (χ0) is 26.4. The lowest BCUT2D eigenvalue weighted by molar-refractivity contribution is 0.0322. The van der Waals surface area contributed by atoms with Gasteiger partial charge in [0.05, 0.1) is 43.8 Å². The average Bonchev–Trinajstić information content (AvgIpc) is 2.99. The lowest BCUT2D eigenvalue weighted by Gasteiger charge is -2.27. The summed E-state index contributed by atoms with van der Waals surface area (Å²) in [5.74, 6) is 2.62. The summed E-state index contributed by atoms with van der Waals surface area (Å²) < 4.78 is 16.8. The number of nitrogen functional groups attached to an aromatic ring is 1. The Labute approximate surface area is 227 Å². The quantitative estimate of drug-likeness (QED) is 0.353. The molecule has 0 spiro atoms. The molecule has 0 unspecified atom stereocenters. The molecule has 10 nitrogen and oxygen atoms in total. The third kappa shape index (κ3) is 6.03. The van der Waals surface area contributed by atoms with Gasteiger partial charge in [-0.05, 0) is 35.9 Å². The van der Waals surface area contributed by atoms with E-state index in [4.69, 9.17) is 24.9 Å². The van der Waals surface area contributed by atoms with Crippen LogP contribution in [0.2, 0.25) is 0 Å². The molecular formula is C29H33N7O3. The molecule has 2 aliphatic rings. The van der Waals surface area contributed by atoms with Crippen LogP contribution in [-0.2, 0) is 9.47 Å². The fourth-order valence-electron chi connectivity index (χ4n) is 4.88. The highest BCUT2D eigenvalue weighted by molar-refractivity contribution is 5.99. The van der Waals surface area contributed by atoms with Crippen molar-refractivity contribution in [3.05, 3.63) is 60.8 Å². The number of fused-ring (bicyclic) bond motifs is 1. The number of nitrogens with two attached hydrogens (primary N) is 1. The summed E-state index contributed by atoms with van der Waals surface area (Å²) in [4.78, 5) is 18.5. The summed E-state index contributed by atoms with van der Waals surface area (Å²) in [6.07, 6.45) is 1.79. The fraction of sp³-hybridized carbons (Fsp3) is 0.345. The molecule has 202 valence electrons. The number of pyridine rings is 1. The number of ether oxygens (including phenoxy) is 3. The van der Waals surface area contributed by atoms with Crippen molar-refractivity contribution in [1.29, 1.82) is 0 Å². The van der Waals surface area contributed by atoms with Crippen LogP contribution in [0.5, 0.6) is 5.75 Å². The lowest BCUT2D eigenvalue weighted by atomic mass is 10.0. The Bertz CT molecular complexity index is 1390. The van der Waals surface area contributed by atoms with Crippen LogP contribution in [0, 0.1) is 0 Å². The maximum absolute atomic E-state index is 6.36. The first-order valence-corrected chi connectivity index (χ1v) is 13.4. The highest BCUT2D eigenvalue weighted by atomic mass is 16.5. The molecule has 0 saturated carbocycles. The molecule has 10 heteroatoms. The van der Waals surface area contributed by atoms with Crippen LogP contribution in [0.1, 0.15) is 0 Å². The minimum Gasteiger partial charge on any atom is -0.492 e. The molecule has 2 fully saturated rings. The molecule has 0 amide bonds. The van der Waals surface area contributed by atoms with Crippen LogP contribution in [0.15, 0.2) is 60.8 Å². The standard InChI is InChI=1S/C29H33N7O3/c30-28-25-3-1-2-24(21-4-7-23(8-5-21)39-19-12-35-10-15-37-16-11-35)27(25)33-29(34-28)32-22-6-9-26(31-20-22)36-13-17-38-18-14-36/h1-9,20H,10-19H2,(H3,30,32,33,34). The summed E-state index contributed by atoms with van der Waals surface area (Å²) in [6.45, 7) is 8.18. The van der Waals surface area contributed by atoms with E-state index in [9.17, 15) is 0 Å². The number of rotatable bonds is 8. The summed E-state index contributed by atoms with van der Waals surface area (Å²) in [7, 11) is 0. The van der Waals surface area contributed by atoms with Crippen molar-refractivity contribution in [1.82, 2.24) is 19.9 Å². The van der Waals surface area contributed by atoms with E-state index < -0.39 is 0 Å². The molecular weight excluding hydrogens is 494 g/mol. The van der Waals surface area contributed by atoms with Crippen LogP contribution < -0.4 is 20.7 Å². The molecule has 2 saturated heterocycles. The Hall–Kier alpha value is -3.99. The lowest BCUT2D eigenvalue weighted by Crippen LogP contribution is -2.38. The Balaban J connectivity index is 1.17. The van der Waals surface area contributed by atoms with Gasteiger partial charge in [0.1, 0.15) is 24.0 Å². The number of hydrogen-bond donors (Lipinski definition) is 2. The smallest absolute Gasteiger partial charge is 0.229 e. The number of nitrogens with one attached hydrogen (secondary N) is 1. The highest BCUT2D eigenvalue weighted by Crippen LogP contribution is 2.32. The first kappa shape index (κ1) is 25.3. The van der Waals surface area contributed by atoms with Crippen LogP contribution in [-0.4, -0.2) is 85.6 Å². The topological polar surface area (TPSA) is 111 Å². The Morgan fingerprint density at radius 1 is 0.872 bits per heavy atom. The number of nitrogens with zero attached hydrogens (tertiary/aromatic N) is 5. The number of para-hydroxylation sites is 1. The molecule has 2 aliphatic heterocycles. The first-order chi connectivity index (χ1) is 19.2. The van der Waals surface area contributed by atoms with Crippen LogP contribution >= 0.6 is 0 Å². The monoisotopic (exact) mass is 527 g/mol. The summed E-state index contributed by atoms with van der Waals surface area (Å²) >= 11 is 0. The molecule has 3 N–H and O–H groups in total. The first-order valence-electron chi connectivity index (χ1n) is 13.4. The largest absolute Gasteiger partial charge is 0.492 e. The third-order valence-electron chi connectivity index (χ3n) is 7.04. The van der Waals surface area contributed by atoms with Crippen LogP contribution in [0.3, 0.4) is 0 Å². The van der Waals surface area contributed by atoms with E-state index in [-0.39, 0.29) is 0 Å². The zero-order valence-electron chi connectivity index (χ0n) is 21.9. The second-order valence-corrected chi connectivity index (χ2v) is 9.59. The minimum atomic E-state index is 0.422. The number of aromatic nitrogens is 3. The normalized spacial score (nSPS) is 16.4. The van der Waals surface area contributed by atoms with E-state index in [1.807, 2.05) is 42.5 Å². The van der Waals surface area contributed by atoms with Gasteiger partial charge >= 0.3 is 0 Å². The zero-order valence-corrected chi connectivity index (χ0v) is 21.9. The summed E-state index contributed by atoms with van der Waals surface area (Å²) in [5.41, 5.74) is 9.95. The molecule has 0 radical (unpaired) electrons. The third-order valence-corrected chi connectivity index (χ3v) is 7.04. The van der Waals surface area contributed by atoms with Gasteiger partial charge in [-0.1, -0.05) is 24.3 Å². The highest BCUT2D eigenvalue weighted by Gasteiger charge is 2.14. The van der Waals surface area contributed by atoms with E-state index >= 15 is 0 Å². The average molecular weight is 528 g/mol. The maximum atomic E-state index is 6.36. The minimum absolute atomic E-state index is 0.422. The Morgan fingerprint density at radius 3 is 2.38 bits per heavy atom. The van der Waals surface area contributed by atoms with Gasteiger partial charge in [-0.2, -0.15) is 4.98 Å². The van der Waals surface area contributed by atoms with Gasteiger partial charge in [0.25, 0.3) is 0 Å². The number of morpholine rings is 2. The van der Waals surface area contributed by atoms with E-state index in [1.54, 1.807) is 6.20 Å². The van der Waals surface area contributed by atoms with Crippen molar-refractivity contribution in [2.45, 2.75) is 0 Å². The number of anilines is 4. The fourth-order valence-corrected chi connectivity index (χ4v) is 4.88. The predicted molar refractivity (Wildman–Crippen MR) is 153 cm³/mol. The molecule has 6 rings (SSSR count). The van der Waals surface area contributed by atoms with Crippen molar-refractivity contribution in [2.24, 2.45) is 0 Å². The van der Waals surface area contributed by atoms with Crippen molar-refractivity contribution < 1.29 is 14.2 Å². The van der Waals surface area contributed by atoms with Crippen LogP contribution in [0.25, 0.3) is 22.0 Å². The van der Waals surface area contributed by atoms with E-state index in [0.29, 0.717) is 18.4 Å². The Morgan fingerprint density at radius 2 is 1.64 bits per heavy atom. The molecule has 2 aromatic heterocycles.